The van der Waals surface area contributed by atoms with Gasteiger partial charge in [-0.1, -0.05) is 55.5 Å². The summed E-state index contributed by atoms with van der Waals surface area (Å²) >= 11 is 1.40. The topological polar surface area (TPSA) is 57.3 Å². The molecule has 6 heteroatoms. The van der Waals surface area contributed by atoms with Gasteiger partial charge < -0.3 is 10.6 Å². The van der Waals surface area contributed by atoms with Crippen molar-refractivity contribution in [2.24, 2.45) is 0 Å². The van der Waals surface area contributed by atoms with Gasteiger partial charge in [0.1, 0.15) is 4.88 Å². The monoisotopic (exact) mass is 332 g/mol. The SMILES string of the molecule is CCN(CC)Cc1nc(NC)sc1C(=O)NCc1ccccc1. The van der Waals surface area contributed by atoms with Gasteiger partial charge in [-0.15, -0.1) is 0 Å². The molecule has 5 nitrogen and oxygen atoms in total. The van der Waals surface area contributed by atoms with Gasteiger partial charge in [-0.25, -0.2) is 4.98 Å². The Kier molecular flexibility index (Phi) is 6.55. The van der Waals surface area contributed by atoms with Crippen LogP contribution in [0, 0.1) is 0 Å². The molecule has 0 spiro atoms. The maximum atomic E-state index is 12.5. The van der Waals surface area contributed by atoms with E-state index in [0.717, 1.165) is 29.5 Å². The fourth-order valence-electron chi connectivity index (χ4n) is 2.26. The van der Waals surface area contributed by atoms with E-state index < -0.39 is 0 Å². The van der Waals surface area contributed by atoms with Gasteiger partial charge in [0.15, 0.2) is 5.13 Å². The second-order valence-corrected chi connectivity index (χ2v) is 6.17. The van der Waals surface area contributed by atoms with Crippen LogP contribution in [-0.4, -0.2) is 35.9 Å². The van der Waals surface area contributed by atoms with Gasteiger partial charge >= 0.3 is 0 Å². The Hall–Kier alpha value is -1.92. The summed E-state index contributed by atoms with van der Waals surface area (Å²) < 4.78 is 0. The van der Waals surface area contributed by atoms with Crippen molar-refractivity contribution in [1.82, 2.24) is 15.2 Å². The van der Waals surface area contributed by atoms with Crippen LogP contribution in [0.1, 0.15) is 34.8 Å². The molecule has 124 valence electrons. The Balaban J connectivity index is 2.10. The number of rotatable bonds is 8. The van der Waals surface area contributed by atoms with Crippen molar-refractivity contribution in [2.75, 3.05) is 25.5 Å². The zero-order chi connectivity index (χ0) is 16.7. The summed E-state index contributed by atoms with van der Waals surface area (Å²) in [7, 11) is 1.83. The third-order valence-electron chi connectivity index (χ3n) is 3.68. The number of amides is 1. The van der Waals surface area contributed by atoms with E-state index in [0.29, 0.717) is 18.0 Å². The van der Waals surface area contributed by atoms with Crippen LogP contribution in [0.25, 0.3) is 0 Å². The standard InChI is InChI=1S/C17H24N4OS/c1-4-21(5-2)12-14-15(23-17(18-3)20-14)16(22)19-11-13-9-7-6-8-10-13/h6-10H,4-5,11-12H2,1-3H3,(H,18,20)(H,19,22). The lowest BCUT2D eigenvalue weighted by Crippen LogP contribution is -2.26. The van der Waals surface area contributed by atoms with E-state index >= 15 is 0 Å². The van der Waals surface area contributed by atoms with Gasteiger partial charge in [0, 0.05) is 20.1 Å². The van der Waals surface area contributed by atoms with Crippen molar-refractivity contribution < 1.29 is 4.79 Å². The molecule has 0 fully saturated rings. The Labute approximate surface area is 141 Å². The summed E-state index contributed by atoms with van der Waals surface area (Å²) in [6.07, 6.45) is 0. The normalized spacial score (nSPS) is 10.8. The lowest BCUT2D eigenvalue weighted by molar-refractivity contribution is 0.0952. The van der Waals surface area contributed by atoms with Crippen LogP contribution in [-0.2, 0) is 13.1 Å². The molecule has 1 heterocycles. The Bertz CT molecular complexity index is 623. The first kappa shape index (κ1) is 17.4. The van der Waals surface area contributed by atoms with Gasteiger partial charge in [-0.3, -0.25) is 9.69 Å². The molecule has 1 aromatic heterocycles. The van der Waals surface area contributed by atoms with Crippen molar-refractivity contribution in [3.8, 4) is 0 Å². The molecule has 1 amide bonds. The zero-order valence-corrected chi connectivity index (χ0v) is 14.7. The zero-order valence-electron chi connectivity index (χ0n) is 13.9. The van der Waals surface area contributed by atoms with Gasteiger partial charge in [-0.2, -0.15) is 0 Å². The molecule has 0 atom stereocenters. The predicted octanol–water partition coefficient (Wildman–Crippen LogP) is 2.96. The van der Waals surface area contributed by atoms with Gasteiger partial charge in [0.05, 0.1) is 5.69 Å². The van der Waals surface area contributed by atoms with Crippen LogP contribution in [0.15, 0.2) is 30.3 Å². The van der Waals surface area contributed by atoms with Crippen LogP contribution in [0.3, 0.4) is 0 Å². The highest BCUT2D eigenvalue weighted by atomic mass is 32.1. The van der Waals surface area contributed by atoms with Crippen molar-refractivity contribution in [3.63, 3.8) is 0 Å². The van der Waals surface area contributed by atoms with E-state index in [1.165, 1.54) is 11.3 Å². The number of hydrogen-bond donors (Lipinski definition) is 2. The second-order valence-electron chi connectivity index (χ2n) is 5.17. The summed E-state index contributed by atoms with van der Waals surface area (Å²) in [6, 6.07) is 9.92. The fraction of sp³-hybridized carbons (Fsp3) is 0.412. The molecule has 1 aromatic carbocycles. The molecule has 0 bridgehead atoms. The lowest BCUT2D eigenvalue weighted by Gasteiger charge is -2.17. The summed E-state index contributed by atoms with van der Waals surface area (Å²) in [5.41, 5.74) is 1.93. The predicted molar refractivity (Wildman–Crippen MR) is 95.9 cm³/mol. The maximum absolute atomic E-state index is 12.5. The average Bonchev–Trinajstić information content (AvgIpc) is 3.01. The Morgan fingerprint density at radius 1 is 1.22 bits per heavy atom. The average molecular weight is 332 g/mol. The van der Waals surface area contributed by atoms with Gasteiger partial charge in [0.25, 0.3) is 5.91 Å². The number of nitrogens with one attached hydrogen (secondary N) is 2. The van der Waals surface area contributed by atoms with E-state index in [2.05, 4.69) is 34.4 Å². The molecule has 0 radical (unpaired) electrons. The molecule has 0 aliphatic rings. The number of nitrogens with zero attached hydrogens (tertiary/aromatic N) is 2. The Morgan fingerprint density at radius 3 is 2.52 bits per heavy atom. The van der Waals surface area contributed by atoms with E-state index in [-0.39, 0.29) is 5.91 Å². The first-order chi connectivity index (χ1) is 11.2. The third-order valence-corrected chi connectivity index (χ3v) is 4.80. The fourth-order valence-corrected chi connectivity index (χ4v) is 3.10. The van der Waals surface area contributed by atoms with E-state index in [9.17, 15) is 4.79 Å². The molecule has 23 heavy (non-hydrogen) atoms. The van der Waals surface area contributed by atoms with Crippen LogP contribution in [0.2, 0.25) is 0 Å². The molecule has 0 unspecified atom stereocenters. The van der Waals surface area contributed by atoms with Crippen LogP contribution >= 0.6 is 11.3 Å². The van der Waals surface area contributed by atoms with Gasteiger partial charge in [0.2, 0.25) is 0 Å². The molecule has 0 saturated carbocycles. The molecule has 0 saturated heterocycles. The largest absolute Gasteiger partial charge is 0.365 e. The number of benzene rings is 1. The third kappa shape index (κ3) is 4.77. The molecule has 0 aliphatic carbocycles. The van der Waals surface area contributed by atoms with E-state index in [1.54, 1.807) is 0 Å². The van der Waals surface area contributed by atoms with Crippen LogP contribution in [0.4, 0.5) is 5.13 Å². The quantitative estimate of drug-likeness (QED) is 0.780. The van der Waals surface area contributed by atoms with Crippen molar-refractivity contribution in [2.45, 2.75) is 26.9 Å². The number of aromatic nitrogens is 1. The highest BCUT2D eigenvalue weighted by molar-refractivity contribution is 7.17. The smallest absolute Gasteiger partial charge is 0.263 e. The molecule has 0 aliphatic heterocycles. The minimum atomic E-state index is -0.0602. The minimum Gasteiger partial charge on any atom is -0.365 e. The molecular formula is C17H24N4OS. The van der Waals surface area contributed by atoms with Crippen molar-refractivity contribution >= 4 is 22.4 Å². The number of carbonyl (C=O) groups is 1. The summed E-state index contributed by atoms with van der Waals surface area (Å²) in [5, 5.41) is 6.80. The summed E-state index contributed by atoms with van der Waals surface area (Å²) in [5.74, 6) is -0.0602. The number of hydrogen-bond acceptors (Lipinski definition) is 5. The first-order valence-electron chi connectivity index (χ1n) is 7.89. The number of carbonyl (C=O) groups excluding carboxylic acids is 1. The minimum absolute atomic E-state index is 0.0602. The van der Waals surface area contributed by atoms with Crippen molar-refractivity contribution in [3.05, 3.63) is 46.5 Å². The molecule has 2 rings (SSSR count). The lowest BCUT2D eigenvalue weighted by atomic mass is 10.2. The van der Waals surface area contributed by atoms with Crippen molar-refractivity contribution in [1.29, 1.82) is 0 Å². The van der Waals surface area contributed by atoms with Gasteiger partial charge in [-0.05, 0) is 18.7 Å². The highest BCUT2D eigenvalue weighted by Gasteiger charge is 2.19. The number of anilines is 1. The highest BCUT2D eigenvalue weighted by Crippen LogP contribution is 2.24. The van der Waals surface area contributed by atoms with Crippen LogP contribution in [0.5, 0.6) is 0 Å². The maximum Gasteiger partial charge on any atom is 0.263 e. The van der Waals surface area contributed by atoms with E-state index in [1.807, 2.05) is 37.4 Å². The first-order valence-corrected chi connectivity index (χ1v) is 8.71. The Morgan fingerprint density at radius 2 is 1.91 bits per heavy atom. The van der Waals surface area contributed by atoms with Crippen LogP contribution < -0.4 is 10.6 Å². The molecule has 2 aromatic rings. The molecule has 2 N–H and O–H groups in total. The number of thiazole rings is 1. The summed E-state index contributed by atoms with van der Waals surface area (Å²) in [4.78, 5) is 20.0. The summed E-state index contributed by atoms with van der Waals surface area (Å²) in [6.45, 7) is 7.33. The second kappa shape index (κ2) is 8.64. The molecular weight excluding hydrogens is 308 g/mol. The van der Waals surface area contributed by atoms with E-state index in [4.69, 9.17) is 0 Å².